The lowest BCUT2D eigenvalue weighted by Gasteiger charge is -2.11. The first-order valence-corrected chi connectivity index (χ1v) is 9.37. The van der Waals surface area contributed by atoms with Gasteiger partial charge < -0.3 is 15.2 Å². The lowest BCUT2D eigenvalue weighted by Crippen LogP contribution is -2.24. The first-order chi connectivity index (χ1) is 13.4. The van der Waals surface area contributed by atoms with Crippen molar-refractivity contribution in [3.05, 3.63) is 52.8 Å². The maximum Gasteiger partial charge on any atom is 0.259 e. The Morgan fingerprint density at radius 3 is 2.68 bits per heavy atom. The Hall–Kier alpha value is -3.22. The number of hydrogen-bond acceptors (Lipinski definition) is 5. The van der Waals surface area contributed by atoms with E-state index in [2.05, 4.69) is 20.8 Å². The summed E-state index contributed by atoms with van der Waals surface area (Å²) in [6.07, 6.45) is 0.858. The molecule has 0 spiro atoms. The lowest BCUT2D eigenvalue weighted by molar-refractivity contribution is 0.0952. The van der Waals surface area contributed by atoms with E-state index in [4.69, 9.17) is 4.52 Å². The highest BCUT2D eigenvalue weighted by molar-refractivity contribution is 6.12. The number of benzene rings is 1. The number of amides is 2. The van der Waals surface area contributed by atoms with Crippen LogP contribution in [0.3, 0.4) is 0 Å². The minimum Gasteiger partial charge on any atom is -0.352 e. The van der Waals surface area contributed by atoms with Gasteiger partial charge in [-0.15, -0.1) is 0 Å². The van der Waals surface area contributed by atoms with Gasteiger partial charge >= 0.3 is 0 Å². The van der Waals surface area contributed by atoms with Gasteiger partial charge in [0.25, 0.3) is 17.5 Å². The fraction of sp³-hybridized carbons (Fsp3) is 0.333. The summed E-state index contributed by atoms with van der Waals surface area (Å²) in [6, 6.07) is 8.63. The summed E-state index contributed by atoms with van der Waals surface area (Å²) in [5.74, 6) is -0.333. The van der Waals surface area contributed by atoms with E-state index in [0.717, 1.165) is 12.1 Å². The Kier molecular flexibility index (Phi) is 5.73. The largest absolute Gasteiger partial charge is 0.352 e. The third kappa shape index (κ3) is 4.03. The number of pyridine rings is 1. The summed E-state index contributed by atoms with van der Waals surface area (Å²) < 4.78 is 5.27. The van der Waals surface area contributed by atoms with E-state index in [0.29, 0.717) is 40.2 Å². The van der Waals surface area contributed by atoms with E-state index in [1.54, 1.807) is 37.3 Å². The minimum atomic E-state index is -0.299. The van der Waals surface area contributed by atoms with Crippen molar-refractivity contribution in [1.82, 2.24) is 15.5 Å². The molecular formula is C21H24N4O3. The standard InChI is InChI=1S/C21H24N4O3/c1-5-9-22-19(26)14-7-6-8-15(10-14)23-20(27)16-11-17(12(2)3)24-21-18(16)13(4)25-28-21/h6-8,10-12H,5,9H2,1-4H3,(H,22,26)(H,23,27). The number of carbonyl (C=O) groups excluding carboxylic acids is 2. The SMILES string of the molecule is CCCNC(=O)c1cccc(NC(=O)c2cc(C(C)C)nc3onc(C)c23)c1. The number of rotatable bonds is 6. The van der Waals surface area contributed by atoms with Crippen molar-refractivity contribution in [2.24, 2.45) is 0 Å². The first kappa shape index (κ1) is 19.5. The molecule has 3 aromatic rings. The van der Waals surface area contributed by atoms with E-state index < -0.39 is 0 Å². The number of fused-ring (bicyclic) bond motifs is 1. The van der Waals surface area contributed by atoms with E-state index in [1.807, 2.05) is 20.8 Å². The van der Waals surface area contributed by atoms with Gasteiger partial charge in [-0.05, 0) is 43.5 Å². The molecule has 0 aliphatic rings. The Morgan fingerprint density at radius 2 is 1.96 bits per heavy atom. The summed E-state index contributed by atoms with van der Waals surface area (Å²) in [5, 5.41) is 10.2. The smallest absolute Gasteiger partial charge is 0.259 e. The van der Waals surface area contributed by atoms with Crippen molar-refractivity contribution in [3.8, 4) is 0 Å². The molecule has 0 unspecified atom stereocenters. The molecule has 146 valence electrons. The lowest BCUT2D eigenvalue weighted by atomic mass is 10.0. The van der Waals surface area contributed by atoms with Crippen LogP contribution in [0.5, 0.6) is 0 Å². The normalized spacial score (nSPS) is 11.0. The monoisotopic (exact) mass is 380 g/mol. The van der Waals surface area contributed by atoms with Crippen molar-refractivity contribution >= 4 is 28.6 Å². The maximum atomic E-state index is 13.0. The average Bonchev–Trinajstić information content (AvgIpc) is 3.06. The predicted molar refractivity (Wildman–Crippen MR) is 108 cm³/mol. The summed E-state index contributed by atoms with van der Waals surface area (Å²) in [5.41, 5.74) is 3.20. The van der Waals surface area contributed by atoms with Crippen molar-refractivity contribution in [2.45, 2.75) is 40.0 Å². The molecule has 0 saturated heterocycles. The van der Waals surface area contributed by atoms with Crippen molar-refractivity contribution in [2.75, 3.05) is 11.9 Å². The van der Waals surface area contributed by atoms with Gasteiger partial charge in [0.05, 0.1) is 16.6 Å². The molecule has 1 aromatic carbocycles. The number of aromatic nitrogens is 2. The molecule has 0 radical (unpaired) electrons. The minimum absolute atomic E-state index is 0.131. The average molecular weight is 380 g/mol. The molecule has 0 saturated carbocycles. The second kappa shape index (κ2) is 8.21. The highest BCUT2D eigenvalue weighted by Crippen LogP contribution is 2.26. The molecule has 0 fully saturated rings. The molecule has 2 heterocycles. The third-order valence-electron chi connectivity index (χ3n) is 4.39. The van der Waals surface area contributed by atoms with Crippen LogP contribution in [0.4, 0.5) is 5.69 Å². The van der Waals surface area contributed by atoms with Crippen LogP contribution in [0.25, 0.3) is 11.1 Å². The van der Waals surface area contributed by atoms with Gasteiger partial charge in [0, 0.05) is 23.5 Å². The molecule has 2 aromatic heterocycles. The van der Waals surface area contributed by atoms with Gasteiger partial charge in [0.15, 0.2) is 0 Å². The summed E-state index contributed by atoms with van der Waals surface area (Å²) >= 11 is 0. The summed E-state index contributed by atoms with van der Waals surface area (Å²) in [6.45, 7) is 8.37. The Morgan fingerprint density at radius 1 is 1.18 bits per heavy atom. The van der Waals surface area contributed by atoms with Crippen LogP contribution in [-0.4, -0.2) is 28.5 Å². The zero-order chi connectivity index (χ0) is 20.3. The van der Waals surface area contributed by atoms with Crippen LogP contribution in [0.2, 0.25) is 0 Å². The number of hydrogen-bond donors (Lipinski definition) is 2. The summed E-state index contributed by atoms with van der Waals surface area (Å²) in [7, 11) is 0. The van der Waals surface area contributed by atoms with E-state index in [-0.39, 0.29) is 17.7 Å². The Bertz CT molecular complexity index is 1020. The van der Waals surface area contributed by atoms with Crippen LogP contribution in [-0.2, 0) is 0 Å². The van der Waals surface area contributed by atoms with Gasteiger partial charge in [-0.1, -0.05) is 32.0 Å². The van der Waals surface area contributed by atoms with Gasteiger partial charge in [0.2, 0.25) is 0 Å². The number of nitrogens with one attached hydrogen (secondary N) is 2. The molecule has 2 N–H and O–H groups in total. The molecule has 7 nitrogen and oxygen atoms in total. The number of carbonyl (C=O) groups is 2. The van der Waals surface area contributed by atoms with Crippen LogP contribution in [0, 0.1) is 6.92 Å². The van der Waals surface area contributed by atoms with Gasteiger partial charge in [-0.3, -0.25) is 9.59 Å². The zero-order valence-corrected chi connectivity index (χ0v) is 16.5. The van der Waals surface area contributed by atoms with E-state index >= 15 is 0 Å². The topological polar surface area (TPSA) is 97.1 Å². The maximum absolute atomic E-state index is 13.0. The van der Waals surface area contributed by atoms with E-state index in [1.165, 1.54) is 0 Å². The third-order valence-corrected chi connectivity index (χ3v) is 4.39. The van der Waals surface area contributed by atoms with Gasteiger partial charge in [-0.2, -0.15) is 0 Å². The number of aryl methyl sites for hydroxylation is 1. The molecule has 0 atom stereocenters. The van der Waals surface area contributed by atoms with Crippen molar-refractivity contribution < 1.29 is 14.1 Å². The Labute approximate surface area is 163 Å². The second-order valence-corrected chi connectivity index (χ2v) is 6.99. The molecule has 7 heteroatoms. The van der Waals surface area contributed by atoms with Crippen LogP contribution < -0.4 is 10.6 Å². The predicted octanol–water partition coefficient (Wildman–Crippen LogP) is 4.05. The van der Waals surface area contributed by atoms with Crippen molar-refractivity contribution in [3.63, 3.8) is 0 Å². The Balaban J connectivity index is 1.91. The highest BCUT2D eigenvalue weighted by Gasteiger charge is 2.20. The molecule has 2 amide bonds. The first-order valence-electron chi connectivity index (χ1n) is 9.37. The fourth-order valence-electron chi connectivity index (χ4n) is 2.87. The highest BCUT2D eigenvalue weighted by atomic mass is 16.5. The van der Waals surface area contributed by atoms with Crippen LogP contribution in [0.1, 0.15) is 65.2 Å². The number of nitrogens with zero attached hydrogens (tertiary/aromatic N) is 2. The number of anilines is 1. The quantitative estimate of drug-likeness (QED) is 0.672. The second-order valence-electron chi connectivity index (χ2n) is 6.99. The molecular weight excluding hydrogens is 356 g/mol. The van der Waals surface area contributed by atoms with Crippen LogP contribution >= 0.6 is 0 Å². The summed E-state index contributed by atoms with van der Waals surface area (Å²) in [4.78, 5) is 29.6. The van der Waals surface area contributed by atoms with Crippen LogP contribution in [0.15, 0.2) is 34.9 Å². The molecule has 0 aliphatic carbocycles. The zero-order valence-electron chi connectivity index (χ0n) is 16.5. The molecule has 3 rings (SSSR count). The molecule has 0 bridgehead atoms. The fourth-order valence-corrected chi connectivity index (χ4v) is 2.87. The van der Waals surface area contributed by atoms with Crippen molar-refractivity contribution in [1.29, 1.82) is 0 Å². The molecule has 0 aliphatic heterocycles. The molecule has 28 heavy (non-hydrogen) atoms. The van der Waals surface area contributed by atoms with Gasteiger partial charge in [-0.25, -0.2) is 4.98 Å². The van der Waals surface area contributed by atoms with E-state index in [9.17, 15) is 9.59 Å². The van der Waals surface area contributed by atoms with Gasteiger partial charge in [0.1, 0.15) is 0 Å².